The Balaban J connectivity index is 1.42. The molecule has 1 amide bonds. The molecule has 2 fully saturated rings. The van der Waals surface area contributed by atoms with E-state index in [4.69, 9.17) is 0 Å². The van der Waals surface area contributed by atoms with Crippen molar-refractivity contribution in [3.63, 3.8) is 0 Å². The topological polar surface area (TPSA) is 29.7 Å². The molecule has 1 aliphatic carbocycles. The molecule has 0 atom stereocenters. The second kappa shape index (κ2) is 7.92. The molecule has 4 nitrogen and oxygen atoms in total. The number of carbonyl (C=O) groups excluding carboxylic acids is 1. The highest BCUT2D eigenvalue weighted by molar-refractivity contribution is 5.91. The Morgan fingerprint density at radius 3 is 2.43 bits per heavy atom. The summed E-state index contributed by atoms with van der Waals surface area (Å²) in [7, 11) is 2.12. The lowest BCUT2D eigenvalue weighted by molar-refractivity contribution is -0.886. The molecular weight excluding hydrogens is 370 g/mol. The third-order valence-electron chi connectivity index (χ3n) is 7.22. The number of hydrogen-bond donors (Lipinski definition) is 1. The number of carbonyl (C=O) groups is 1. The minimum atomic E-state index is -0.299. The summed E-state index contributed by atoms with van der Waals surface area (Å²) in [6, 6.07) is 21.2. The highest BCUT2D eigenvalue weighted by atomic mass is 16.2. The molecular formula is C26H32N3O+. The van der Waals surface area contributed by atoms with Crippen molar-refractivity contribution in [2.24, 2.45) is 7.05 Å². The van der Waals surface area contributed by atoms with Gasteiger partial charge in [0.05, 0.1) is 38.1 Å². The molecule has 0 spiro atoms. The minimum Gasteiger partial charge on any atom is -0.346 e. The van der Waals surface area contributed by atoms with Crippen LogP contribution in [0.4, 0.5) is 0 Å². The standard InChI is InChI=1S/C26H31N3O/c1-27-23(19-21-9-5-6-12-24(21)27)20-29(18-17-28-15-7-8-16-28)25(30)26(13-14-26)22-10-3-2-4-11-22/h2-6,9-12,19H,7-8,13-18,20H2,1H3/p+1. The summed E-state index contributed by atoms with van der Waals surface area (Å²) in [5, 5.41) is 1.25. The number of aryl methyl sites for hydroxylation is 1. The molecule has 1 aromatic heterocycles. The van der Waals surface area contributed by atoms with Gasteiger partial charge < -0.3 is 14.4 Å². The van der Waals surface area contributed by atoms with Crippen LogP contribution in [0.1, 0.15) is 36.9 Å². The van der Waals surface area contributed by atoms with Gasteiger partial charge in [0.15, 0.2) is 0 Å². The van der Waals surface area contributed by atoms with Crippen molar-refractivity contribution in [2.45, 2.75) is 37.6 Å². The summed E-state index contributed by atoms with van der Waals surface area (Å²) in [4.78, 5) is 17.7. The van der Waals surface area contributed by atoms with Crippen molar-refractivity contribution in [3.8, 4) is 0 Å². The lowest BCUT2D eigenvalue weighted by Crippen LogP contribution is -3.10. The molecule has 1 aliphatic heterocycles. The van der Waals surface area contributed by atoms with E-state index in [2.05, 4.69) is 71.1 Å². The number of fused-ring (bicyclic) bond motifs is 1. The maximum absolute atomic E-state index is 13.9. The normalized spacial score (nSPS) is 18.0. The molecule has 2 aliphatic rings. The minimum absolute atomic E-state index is 0.299. The van der Waals surface area contributed by atoms with E-state index in [0.717, 1.165) is 25.9 Å². The Morgan fingerprint density at radius 1 is 1.03 bits per heavy atom. The SMILES string of the molecule is Cn1c(CN(CC[NH+]2CCCC2)C(=O)C2(c3ccccc3)CC2)cc2ccccc21. The molecule has 1 saturated heterocycles. The van der Waals surface area contributed by atoms with Crippen LogP contribution in [-0.4, -0.2) is 41.6 Å². The van der Waals surface area contributed by atoms with Gasteiger partial charge in [-0.1, -0.05) is 48.5 Å². The summed E-state index contributed by atoms with van der Waals surface area (Å²) in [5.74, 6) is 0.317. The van der Waals surface area contributed by atoms with Crippen LogP contribution in [-0.2, 0) is 23.8 Å². The van der Waals surface area contributed by atoms with Gasteiger partial charge in [0.2, 0.25) is 5.91 Å². The summed E-state index contributed by atoms with van der Waals surface area (Å²) < 4.78 is 2.25. The number of rotatable bonds is 7. The summed E-state index contributed by atoms with van der Waals surface area (Å²) in [6.45, 7) is 5.08. The Bertz CT molecular complexity index is 1030. The Hall–Kier alpha value is -2.59. The van der Waals surface area contributed by atoms with Crippen LogP contribution in [0.5, 0.6) is 0 Å². The first kappa shape index (κ1) is 19.4. The largest absolute Gasteiger partial charge is 0.346 e. The number of likely N-dealkylation sites (tertiary alicyclic amines) is 1. The lowest BCUT2D eigenvalue weighted by atomic mass is 9.94. The zero-order valence-corrected chi connectivity index (χ0v) is 17.9. The van der Waals surface area contributed by atoms with E-state index < -0.39 is 0 Å². The Labute approximate surface area is 179 Å². The molecule has 156 valence electrons. The number of amides is 1. The first-order chi connectivity index (χ1) is 14.7. The second-order valence-electron chi connectivity index (χ2n) is 9.14. The van der Waals surface area contributed by atoms with E-state index in [-0.39, 0.29) is 5.41 Å². The number of hydrogen-bond acceptors (Lipinski definition) is 1. The van der Waals surface area contributed by atoms with Crippen LogP contribution in [0.2, 0.25) is 0 Å². The zero-order chi connectivity index (χ0) is 20.6. The summed E-state index contributed by atoms with van der Waals surface area (Å²) >= 11 is 0. The molecule has 2 heterocycles. The predicted octanol–water partition coefficient (Wildman–Crippen LogP) is 2.92. The fraction of sp³-hybridized carbons (Fsp3) is 0.423. The van der Waals surface area contributed by atoms with Crippen molar-refractivity contribution in [2.75, 3.05) is 26.2 Å². The molecule has 1 N–H and O–H groups in total. The van der Waals surface area contributed by atoms with Gasteiger partial charge in [-0.3, -0.25) is 4.79 Å². The molecule has 0 bridgehead atoms. The molecule has 0 radical (unpaired) electrons. The number of nitrogens with zero attached hydrogens (tertiary/aromatic N) is 2. The van der Waals surface area contributed by atoms with Gasteiger partial charge in [-0.15, -0.1) is 0 Å². The predicted molar refractivity (Wildman–Crippen MR) is 120 cm³/mol. The van der Waals surface area contributed by atoms with Crippen molar-refractivity contribution < 1.29 is 9.69 Å². The number of aromatic nitrogens is 1. The smallest absolute Gasteiger partial charge is 0.233 e. The summed E-state index contributed by atoms with van der Waals surface area (Å²) in [5.41, 5.74) is 3.33. The fourth-order valence-electron chi connectivity index (χ4n) is 5.17. The summed E-state index contributed by atoms with van der Waals surface area (Å²) in [6.07, 6.45) is 4.58. The van der Waals surface area contributed by atoms with Crippen molar-refractivity contribution in [3.05, 3.63) is 71.9 Å². The van der Waals surface area contributed by atoms with E-state index in [1.807, 2.05) is 6.07 Å². The van der Waals surface area contributed by atoms with Crippen LogP contribution in [0, 0.1) is 0 Å². The number of nitrogens with one attached hydrogen (secondary N) is 1. The number of benzene rings is 2. The first-order valence-electron chi connectivity index (χ1n) is 11.4. The quantitative estimate of drug-likeness (QED) is 0.647. The second-order valence-corrected chi connectivity index (χ2v) is 9.14. The third-order valence-corrected chi connectivity index (χ3v) is 7.22. The molecule has 1 saturated carbocycles. The van der Waals surface area contributed by atoms with Crippen LogP contribution in [0.25, 0.3) is 10.9 Å². The van der Waals surface area contributed by atoms with Gasteiger partial charge in [-0.2, -0.15) is 0 Å². The average Bonchev–Trinajstić information content (AvgIpc) is 3.32. The van der Waals surface area contributed by atoms with E-state index in [1.165, 1.54) is 48.1 Å². The maximum Gasteiger partial charge on any atom is 0.233 e. The lowest BCUT2D eigenvalue weighted by Gasteiger charge is -2.29. The van der Waals surface area contributed by atoms with Gasteiger partial charge >= 0.3 is 0 Å². The van der Waals surface area contributed by atoms with Crippen molar-refractivity contribution >= 4 is 16.8 Å². The van der Waals surface area contributed by atoms with Crippen LogP contribution in [0.3, 0.4) is 0 Å². The average molecular weight is 403 g/mol. The first-order valence-corrected chi connectivity index (χ1v) is 11.4. The van der Waals surface area contributed by atoms with Gasteiger partial charge in [-0.05, 0) is 35.9 Å². The van der Waals surface area contributed by atoms with Crippen LogP contribution < -0.4 is 4.90 Å². The Morgan fingerprint density at radius 2 is 1.73 bits per heavy atom. The monoisotopic (exact) mass is 402 g/mol. The third kappa shape index (κ3) is 3.54. The van der Waals surface area contributed by atoms with E-state index in [1.54, 1.807) is 4.90 Å². The molecule has 0 unspecified atom stereocenters. The van der Waals surface area contributed by atoms with E-state index in [9.17, 15) is 4.79 Å². The van der Waals surface area contributed by atoms with Gasteiger partial charge in [-0.25, -0.2) is 0 Å². The Kier molecular flexibility index (Phi) is 5.11. The van der Waals surface area contributed by atoms with Crippen molar-refractivity contribution in [1.29, 1.82) is 0 Å². The zero-order valence-electron chi connectivity index (χ0n) is 17.9. The molecule has 30 heavy (non-hydrogen) atoms. The number of para-hydroxylation sites is 1. The van der Waals surface area contributed by atoms with Gasteiger partial charge in [0.25, 0.3) is 0 Å². The van der Waals surface area contributed by atoms with Crippen molar-refractivity contribution in [1.82, 2.24) is 9.47 Å². The van der Waals surface area contributed by atoms with E-state index >= 15 is 0 Å². The van der Waals surface area contributed by atoms with Gasteiger partial charge in [0, 0.05) is 31.1 Å². The fourth-order valence-corrected chi connectivity index (χ4v) is 5.17. The number of quaternary nitrogens is 1. The highest BCUT2D eigenvalue weighted by Gasteiger charge is 2.53. The molecule has 3 aromatic rings. The highest BCUT2D eigenvalue weighted by Crippen LogP contribution is 2.49. The van der Waals surface area contributed by atoms with Gasteiger partial charge in [0.1, 0.15) is 0 Å². The molecule has 5 rings (SSSR count). The van der Waals surface area contributed by atoms with E-state index in [0.29, 0.717) is 12.5 Å². The molecule has 2 aromatic carbocycles. The van der Waals surface area contributed by atoms with Crippen LogP contribution >= 0.6 is 0 Å². The molecule has 4 heteroatoms. The van der Waals surface area contributed by atoms with Crippen LogP contribution in [0.15, 0.2) is 60.7 Å². The maximum atomic E-state index is 13.9.